The third-order valence-electron chi connectivity index (χ3n) is 6.39. The number of benzene rings is 3. The number of fused-ring (bicyclic) bond motifs is 1. The first-order chi connectivity index (χ1) is 17.2. The second kappa shape index (κ2) is 10.4. The van der Waals surface area contributed by atoms with Crippen molar-refractivity contribution in [3.05, 3.63) is 125 Å². The summed E-state index contributed by atoms with van der Waals surface area (Å²) in [5.41, 5.74) is 6.68. The van der Waals surface area contributed by atoms with Gasteiger partial charge in [0.25, 0.3) is 0 Å². The van der Waals surface area contributed by atoms with Crippen molar-refractivity contribution in [2.45, 2.75) is 31.6 Å². The van der Waals surface area contributed by atoms with E-state index in [9.17, 15) is 4.79 Å². The highest BCUT2D eigenvalue weighted by molar-refractivity contribution is 5.73. The quantitative estimate of drug-likeness (QED) is 0.331. The van der Waals surface area contributed by atoms with Crippen LogP contribution in [0.25, 0.3) is 5.57 Å². The number of hydrogen-bond acceptors (Lipinski definition) is 4. The lowest BCUT2D eigenvalue weighted by Gasteiger charge is -2.21. The molecule has 3 aromatic carbocycles. The smallest absolute Gasteiger partial charge is 0.341 e. The van der Waals surface area contributed by atoms with Crippen LogP contribution in [-0.4, -0.2) is 22.8 Å². The average molecular weight is 466 g/mol. The Hall–Kier alpha value is -4.12. The van der Waals surface area contributed by atoms with Crippen LogP contribution < -0.4 is 4.74 Å². The summed E-state index contributed by atoms with van der Waals surface area (Å²) >= 11 is 0. The monoisotopic (exact) mass is 465 g/mol. The van der Waals surface area contributed by atoms with Crippen LogP contribution in [-0.2, 0) is 17.6 Å². The Kier molecular flexibility index (Phi) is 6.75. The number of ether oxygens (including phenoxy) is 1. The van der Waals surface area contributed by atoms with Gasteiger partial charge in [-0.15, -0.1) is 0 Å². The van der Waals surface area contributed by atoms with Gasteiger partial charge in [0.2, 0.25) is 0 Å². The van der Waals surface area contributed by atoms with Gasteiger partial charge in [-0.05, 0) is 47.6 Å². The van der Waals surface area contributed by atoms with Gasteiger partial charge in [0.05, 0.1) is 11.6 Å². The van der Waals surface area contributed by atoms with E-state index in [4.69, 9.17) is 14.4 Å². The van der Waals surface area contributed by atoms with Gasteiger partial charge in [0.1, 0.15) is 11.5 Å². The molecule has 1 aromatic heterocycles. The van der Waals surface area contributed by atoms with Crippen LogP contribution in [0.4, 0.5) is 0 Å². The number of nitrogens with zero attached hydrogens (tertiary/aromatic N) is 1. The van der Waals surface area contributed by atoms with Crippen molar-refractivity contribution in [3.8, 4) is 5.75 Å². The van der Waals surface area contributed by atoms with E-state index in [0.29, 0.717) is 12.2 Å². The van der Waals surface area contributed by atoms with E-state index in [2.05, 4.69) is 47.6 Å². The summed E-state index contributed by atoms with van der Waals surface area (Å²) in [6.07, 6.45) is 5.68. The van der Waals surface area contributed by atoms with Crippen molar-refractivity contribution in [1.82, 2.24) is 5.16 Å². The van der Waals surface area contributed by atoms with Crippen LogP contribution in [0.15, 0.2) is 95.5 Å². The topological polar surface area (TPSA) is 72.6 Å². The molecule has 5 rings (SSSR count). The Morgan fingerprint density at radius 3 is 2.37 bits per heavy atom. The molecular formula is C30H27NO4. The van der Waals surface area contributed by atoms with E-state index in [1.54, 1.807) is 0 Å². The molecule has 35 heavy (non-hydrogen) atoms. The van der Waals surface area contributed by atoms with Crippen molar-refractivity contribution in [3.63, 3.8) is 0 Å². The fourth-order valence-corrected chi connectivity index (χ4v) is 4.81. The molecule has 0 saturated heterocycles. The number of carbonyl (C=O) groups is 1. The van der Waals surface area contributed by atoms with Crippen molar-refractivity contribution < 1.29 is 19.2 Å². The van der Waals surface area contributed by atoms with Gasteiger partial charge in [0, 0.05) is 18.1 Å². The lowest BCUT2D eigenvalue weighted by molar-refractivity contribution is -0.139. The van der Waals surface area contributed by atoms with E-state index in [0.717, 1.165) is 41.8 Å². The normalized spacial score (nSPS) is 14.1. The molecule has 0 fully saturated rings. The number of aliphatic carboxylic acids is 1. The van der Waals surface area contributed by atoms with Crippen molar-refractivity contribution in [2.75, 3.05) is 6.61 Å². The van der Waals surface area contributed by atoms with Gasteiger partial charge < -0.3 is 14.4 Å². The minimum Gasteiger partial charge on any atom is -0.482 e. The molecule has 0 unspecified atom stereocenters. The third-order valence-corrected chi connectivity index (χ3v) is 6.39. The Labute approximate surface area is 204 Å². The summed E-state index contributed by atoms with van der Waals surface area (Å²) in [4.78, 5) is 10.9. The fraction of sp³-hybridized carbons (Fsp3) is 0.200. The van der Waals surface area contributed by atoms with Crippen LogP contribution in [0.1, 0.15) is 52.5 Å². The molecule has 0 saturated carbocycles. The van der Waals surface area contributed by atoms with Gasteiger partial charge in [-0.3, -0.25) is 0 Å². The third kappa shape index (κ3) is 5.19. The van der Waals surface area contributed by atoms with Crippen molar-refractivity contribution >= 4 is 11.5 Å². The molecule has 4 aromatic rings. The van der Waals surface area contributed by atoms with Crippen LogP contribution in [0, 0.1) is 0 Å². The Morgan fingerprint density at radius 1 is 0.971 bits per heavy atom. The van der Waals surface area contributed by atoms with Gasteiger partial charge in [0.15, 0.2) is 6.61 Å². The summed E-state index contributed by atoms with van der Waals surface area (Å²) in [6, 6.07) is 28.6. The Morgan fingerprint density at radius 2 is 1.69 bits per heavy atom. The first kappa shape index (κ1) is 22.7. The first-order valence-electron chi connectivity index (χ1n) is 11.9. The maximum absolute atomic E-state index is 10.9. The molecular weight excluding hydrogens is 438 g/mol. The van der Waals surface area contributed by atoms with Crippen molar-refractivity contribution in [2.24, 2.45) is 0 Å². The maximum atomic E-state index is 10.9. The Balaban J connectivity index is 1.39. The predicted octanol–water partition coefficient (Wildman–Crippen LogP) is 6.28. The second-order valence-corrected chi connectivity index (χ2v) is 8.72. The Bertz CT molecular complexity index is 1290. The predicted molar refractivity (Wildman–Crippen MR) is 135 cm³/mol. The number of aromatic nitrogens is 1. The summed E-state index contributed by atoms with van der Waals surface area (Å²) < 4.78 is 11.3. The van der Waals surface area contributed by atoms with Gasteiger partial charge in [-0.1, -0.05) is 84.0 Å². The highest BCUT2D eigenvalue weighted by atomic mass is 16.5. The van der Waals surface area contributed by atoms with Gasteiger partial charge in [-0.25, -0.2) is 4.79 Å². The number of hydrogen-bond donors (Lipinski definition) is 1. The van der Waals surface area contributed by atoms with Crippen LogP contribution >= 0.6 is 0 Å². The zero-order chi connectivity index (χ0) is 24.0. The van der Waals surface area contributed by atoms with Crippen molar-refractivity contribution in [1.29, 1.82) is 0 Å². The standard InChI is InChI=1S/C30H27NO4/c32-29(33)20-34-28-16-8-14-25-21(13-7-15-26(25)28)17-18-24-19-27(31-35-24)30(22-9-3-1-4-10-22)23-11-5-2-6-12-23/h1-6,8-12,14,16-17,19,30H,7,13,15,18,20H2,(H,32,33)/b21-17-. The molecule has 1 aliphatic carbocycles. The van der Waals surface area contributed by atoms with E-state index in [1.165, 1.54) is 16.7 Å². The molecule has 1 aliphatic rings. The second-order valence-electron chi connectivity index (χ2n) is 8.72. The van der Waals surface area contributed by atoms with Gasteiger partial charge >= 0.3 is 5.97 Å². The molecule has 5 heteroatoms. The number of rotatable bonds is 8. The van der Waals surface area contributed by atoms with Crippen LogP contribution in [0.5, 0.6) is 5.75 Å². The number of allylic oxidation sites excluding steroid dienone is 2. The summed E-state index contributed by atoms with van der Waals surface area (Å²) in [7, 11) is 0. The van der Waals surface area contributed by atoms with Crippen LogP contribution in [0.2, 0.25) is 0 Å². The SMILES string of the molecule is O=C(O)COc1cccc2c1CCC/C2=C/Cc1cc(C(c2ccccc2)c2ccccc2)no1. The lowest BCUT2D eigenvalue weighted by atomic mass is 9.86. The molecule has 0 radical (unpaired) electrons. The maximum Gasteiger partial charge on any atom is 0.341 e. The molecule has 5 nitrogen and oxygen atoms in total. The largest absolute Gasteiger partial charge is 0.482 e. The van der Waals surface area contributed by atoms with E-state index >= 15 is 0 Å². The average Bonchev–Trinajstić information content (AvgIpc) is 3.36. The lowest BCUT2D eigenvalue weighted by Crippen LogP contribution is -2.12. The minimum absolute atomic E-state index is 0.00639. The fourth-order valence-electron chi connectivity index (χ4n) is 4.81. The number of carboxylic acids is 1. The molecule has 0 bridgehead atoms. The molecule has 0 atom stereocenters. The summed E-state index contributed by atoms with van der Waals surface area (Å²) in [5.74, 6) is 0.507. The molecule has 176 valence electrons. The highest BCUT2D eigenvalue weighted by Gasteiger charge is 2.21. The first-order valence-corrected chi connectivity index (χ1v) is 11.9. The zero-order valence-corrected chi connectivity index (χ0v) is 19.4. The molecule has 0 aliphatic heterocycles. The van der Waals surface area contributed by atoms with Crippen LogP contribution in [0.3, 0.4) is 0 Å². The highest BCUT2D eigenvalue weighted by Crippen LogP contribution is 2.37. The van der Waals surface area contributed by atoms with E-state index in [-0.39, 0.29) is 12.5 Å². The zero-order valence-electron chi connectivity index (χ0n) is 19.4. The molecule has 1 N–H and O–H groups in total. The van der Waals surface area contributed by atoms with Gasteiger partial charge in [-0.2, -0.15) is 0 Å². The molecule has 1 heterocycles. The summed E-state index contributed by atoms with van der Waals surface area (Å²) in [6.45, 7) is -0.333. The molecule has 0 spiro atoms. The van der Waals surface area contributed by atoms with E-state index < -0.39 is 5.97 Å². The number of carboxylic acid groups (broad SMARTS) is 1. The van der Waals surface area contributed by atoms with E-state index in [1.807, 2.05) is 48.5 Å². The summed E-state index contributed by atoms with van der Waals surface area (Å²) in [5, 5.41) is 13.4. The molecule has 0 amide bonds. The minimum atomic E-state index is -0.973.